The molecule has 0 bridgehead atoms. The van der Waals surface area contributed by atoms with Gasteiger partial charge >= 0.3 is 11.9 Å². The van der Waals surface area contributed by atoms with Crippen LogP contribution < -0.4 is 0 Å². The number of carboxylic acid groups (broad SMARTS) is 1. The van der Waals surface area contributed by atoms with Crippen LogP contribution in [0.4, 0.5) is 0 Å². The Morgan fingerprint density at radius 2 is 1.00 bits per heavy atom. The highest BCUT2D eigenvalue weighted by Crippen LogP contribution is 2.15. The van der Waals surface area contributed by atoms with Crippen molar-refractivity contribution in [2.45, 2.75) is 174 Å². The fourth-order valence-corrected chi connectivity index (χ4v) is 4.43. The van der Waals surface area contributed by atoms with Crippen molar-refractivity contribution in [3.63, 3.8) is 0 Å². The first-order chi connectivity index (χ1) is 17.1. The first-order valence-electron chi connectivity index (χ1n) is 15.2. The van der Waals surface area contributed by atoms with E-state index < -0.39 is 12.1 Å². The number of unbranched alkanes of at least 4 members (excludes halogenated alkanes) is 19. The van der Waals surface area contributed by atoms with Crippen LogP contribution in [0, 0.1) is 0 Å². The van der Waals surface area contributed by atoms with E-state index in [9.17, 15) is 14.7 Å². The quantitative estimate of drug-likeness (QED) is 0.0701. The lowest BCUT2D eigenvalue weighted by Gasteiger charge is -2.13. The van der Waals surface area contributed by atoms with Gasteiger partial charge in [-0.3, -0.25) is 4.79 Å². The summed E-state index contributed by atoms with van der Waals surface area (Å²) >= 11 is 0. The van der Waals surface area contributed by atoms with Gasteiger partial charge in [-0.2, -0.15) is 0 Å². The molecule has 0 aliphatic carbocycles. The Balaban J connectivity index is 3.60. The van der Waals surface area contributed by atoms with Crippen molar-refractivity contribution in [2.24, 2.45) is 0 Å². The van der Waals surface area contributed by atoms with Crippen molar-refractivity contribution in [2.75, 3.05) is 0 Å². The number of carbonyl (C=O) groups is 2. The molecule has 4 nitrogen and oxygen atoms in total. The second-order valence-corrected chi connectivity index (χ2v) is 10.3. The van der Waals surface area contributed by atoms with E-state index in [1.807, 2.05) is 0 Å². The molecule has 0 radical (unpaired) electrons. The number of esters is 1. The molecular formula is C31H58O4. The topological polar surface area (TPSA) is 63.6 Å². The van der Waals surface area contributed by atoms with Gasteiger partial charge in [-0.1, -0.05) is 129 Å². The van der Waals surface area contributed by atoms with E-state index in [1.54, 1.807) is 0 Å². The lowest BCUT2D eigenvalue weighted by molar-refractivity contribution is -0.164. The second-order valence-electron chi connectivity index (χ2n) is 10.3. The standard InChI is InChI=1S/C31H58O4/c1-3-5-7-9-11-13-15-16-17-18-20-22-24-26-28-30(32)35-29(31(33)34)27-25-23-21-19-14-12-10-8-6-4-2/h13,15,29H,3-12,14,16-28H2,1-2H3,(H,33,34)/b15-13-. The van der Waals surface area contributed by atoms with Gasteiger partial charge in [0.2, 0.25) is 0 Å². The number of ether oxygens (including phenoxy) is 1. The molecule has 1 N–H and O–H groups in total. The molecule has 0 rings (SSSR count). The molecule has 1 atom stereocenters. The summed E-state index contributed by atoms with van der Waals surface area (Å²) in [5, 5.41) is 9.38. The fraction of sp³-hybridized carbons (Fsp3) is 0.871. The van der Waals surface area contributed by atoms with Gasteiger partial charge in [0.25, 0.3) is 0 Å². The average Bonchev–Trinajstić information content (AvgIpc) is 2.84. The molecule has 0 heterocycles. The number of carboxylic acids is 1. The van der Waals surface area contributed by atoms with Crippen LogP contribution in [0.25, 0.3) is 0 Å². The van der Waals surface area contributed by atoms with Crippen molar-refractivity contribution in [3.05, 3.63) is 12.2 Å². The van der Waals surface area contributed by atoms with Gasteiger partial charge in [0, 0.05) is 6.42 Å². The number of hydrogen-bond acceptors (Lipinski definition) is 3. The number of rotatable bonds is 27. The summed E-state index contributed by atoms with van der Waals surface area (Å²) in [5.41, 5.74) is 0. The maximum Gasteiger partial charge on any atom is 0.345 e. The Hall–Kier alpha value is -1.32. The average molecular weight is 495 g/mol. The van der Waals surface area contributed by atoms with Crippen LogP contribution in [0.3, 0.4) is 0 Å². The zero-order chi connectivity index (χ0) is 25.8. The third-order valence-corrected chi connectivity index (χ3v) is 6.76. The molecule has 206 valence electrons. The molecule has 0 saturated heterocycles. The summed E-state index contributed by atoms with van der Waals surface area (Å²) in [7, 11) is 0. The molecule has 0 aromatic heterocycles. The second kappa shape index (κ2) is 27.3. The first kappa shape index (κ1) is 33.7. The highest BCUT2D eigenvalue weighted by atomic mass is 16.6. The highest BCUT2D eigenvalue weighted by Gasteiger charge is 2.21. The normalized spacial score (nSPS) is 12.3. The maximum atomic E-state index is 12.1. The molecule has 0 fully saturated rings. The number of allylic oxidation sites excluding steroid dienone is 2. The molecule has 0 aliphatic heterocycles. The van der Waals surface area contributed by atoms with Crippen LogP contribution >= 0.6 is 0 Å². The molecular weight excluding hydrogens is 436 g/mol. The van der Waals surface area contributed by atoms with Crippen LogP contribution in [-0.4, -0.2) is 23.1 Å². The Morgan fingerprint density at radius 1 is 0.600 bits per heavy atom. The van der Waals surface area contributed by atoms with E-state index in [-0.39, 0.29) is 5.97 Å². The minimum absolute atomic E-state index is 0.336. The number of carbonyl (C=O) groups excluding carboxylic acids is 1. The van der Waals surface area contributed by atoms with Crippen LogP contribution in [-0.2, 0) is 14.3 Å². The lowest BCUT2D eigenvalue weighted by Crippen LogP contribution is -2.27. The van der Waals surface area contributed by atoms with Gasteiger partial charge < -0.3 is 9.84 Å². The smallest absolute Gasteiger partial charge is 0.345 e. The number of hydrogen-bond donors (Lipinski definition) is 1. The SMILES string of the molecule is CCCCCC/C=C\CCCCCCCCC(=O)OC(CCCCCCCCCCCC)C(=O)O. The van der Waals surface area contributed by atoms with E-state index in [2.05, 4.69) is 26.0 Å². The summed E-state index contributed by atoms with van der Waals surface area (Å²) in [6.45, 7) is 4.48. The van der Waals surface area contributed by atoms with Crippen LogP contribution in [0.1, 0.15) is 168 Å². The Labute approximate surface area is 217 Å². The van der Waals surface area contributed by atoms with Crippen molar-refractivity contribution in [1.29, 1.82) is 0 Å². The van der Waals surface area contributed by atoms with Crippen molar-refractivity contribution in [1.82, 2.24) is 0 Å². The van der Waals surface area contributed by atoms with Gasteiger partial charge in [0.05, 0.1) is 0 Å². The van der Waals surface area contributed by atoms with E-state index in [4.69, 9.17) is 4.74 Å². The zero-order valence-corrected chi connectivity index (χ0v) is 23.4. The summed E-state index contributed by atoms with van der Waals surface area (Å²) in [6, 6.07) is 0. The van der Waals surface area contributed by atoms with Crippen LogP contribution in [0.15, 0.2) is 12.2 Å². The van der Waals surface area contributed by atoms with E-state index in [0.29, 0.717) is 12.8 Å². The monoisotopic (exact) mass is 494 g/mol. The minimum atomic E-state index is -1.01. The molecule has 0 aromatic rings. The molecule has 0 amide bonds. The Morgan fingerprint density at radius 3 is 1.49 bits per heavy atom. The minimum Gasteiger partial charge on any atom is -0.479 e. The summed E-state index contributed by atoms with van der Waals surface area (Å²) in [5.74, 6) is -1.36. The molecule has 0 aromatic carbocycles. The summed E-state index contributed by atoms with van der Waals surface area (Å²) < 4.78 is 5.26. The van der Waals surface area contributed by atoms with Gasteiger partial charge in [0.1, 0.15) is 0 Å². The van der Waals surface area contributed by atoms with Crippen molar-refractivity contribution in [3.8, 4) is 0 Å². The van der Waals surface area contributed by atoms with Gasteiger partial charge in [-0.15, -0.1) is 0 Å². The third kappa shape index (κ3) is 25.6. The van der Waals surface area contributed by atoms with E-state index in [0.717, 1.165) is 38.5 Å². The predicted octanol–water partition coefficient (Wildman–Crippen LogP) is 9.94. The largest absolute Gasteiger partial charge is 0.479 e. The van der Waals surface area contributed by atoms with Gasteiger partial charge in [0.15, 0.2) is 6.10 Å². The highest BCUT2D eigenvalue weighted by molar-refractivity contribution is 5.77. The lowest BCUT2D eigenvalue weighted by atomic mass is 10.0. The number of aliphatic carboxylic acids is 1. The van der Waals surface area contributed by atoms with E-state index in [1.165, 1.54) is 103 Å². The van der Waals surface area contributed by atoms with Crippen LogP contribution in [0.5, 0.6) is 0 Å². The summed E-state index contributed by atoms with van der Waals surface area (Å²) in [4.78, 5) is 23.5. The van der Waals surface area contributed by atoms with E-state index >= 15 is 0 Å². The Bertz CT molecular complexity index is 500. The van der Waals surface area contributed by atoms with Gasteiger partial charge in [-0.25, -0.2) is 4.79 Å². The first-order valence-corrected chi connectivity index (χ1v) is 15.2. The molecule has 4 heteroatoms. The van der Waals surface area contributed by atoms with Gasteiger partial charge in [-0.05, 0) is 44.9 Å². The van der Waals surface area contributed by atoms with Crippen LogP contribution in [0.2, 0.25) is 0 Å². The maximum absolute atomic E-state index is 12.1. The molecule has 0 saturated carbocycles. The Kier molecular flexibility index (Phi) is 26.2. The van der Waals surface area contributed by atoms with Crippen molar-refractivity contribution >= 4 is 11.9 Å². The molecule has 0 aliphatic rings. The van der Waals surface area contributed by atoms with Crippen molar-refractivity contribution < 1.29 is 19.4 Å². The predicted molar refractivity (Wildman–Crippen MR) is 149 cm³/mol. The fourth-order valence-electron chi connectivity index (χ4n) is 4.43. The molecule has 0 spiro atoms. The molecule has 1 unspecified atom stereocenters. The third-order valence-electron chi connectivity index (χ3n) is 6.76. The zero-order valence-electron chi connectivity index (χ0n) is 23.4. The molecule has 35 heavy (non-hydrogen) atoms. The summed E-state index contributed by atoms with van der Waals surface area (Å²) in [6.07, 6.45) is 30.9.